The average molecular weight is 285 g/mol. The van der Waals surface area contributed by atoms with Gasteiger partial charge in [0.15, 0.2) is 0 Å². The molecular weight excluding hydrogens is 258 g/mol. The first-order chi connectivity index (χ1) is 10.1. The van der Waals surface area contributed by atoms with Gasteiger partial charge in [-0.15, -0.1) is 0 Å². The van der Waals surface area contributed by atoms with Gasteiger partial charge < -0.3 is 4.74 Å². The second-order valence-electron chi connectivity index (χ2n) is 5.19. The lowest BCUT2D eigenvalue weighted by molar-refractivity contribution is 0.0663. The van der Waals surface area contributed by atoms with Gasteiger partial charge in [0.2, 0.25) is 0 Å². The molecule has 0 saturated carbocycles. The van der Waals surface area contributed by atoms with Gasteiger partial charge in [0.25, 0.3) is 0 Å². The van der Waals surface area contributed by atoms with E-state index in [0.29, 0.717) is 0 Å². The van der Waals surface area contributed by atoms with E-state index in [9.17, 15) is 0 Å². The van der Waals surface area contributed by atoms with E-state index < -0.39 is 0 Å². The van der Waals surface area contributed by atoms with Crippen LogP contribution in [0.5, 0.6) is 0 Å². The number of hydrogen-bond acceptors (Lipinski definition) is 2. The van der Waals surface area contributed by atoms with Gasteiger partial charge in [0.05, 0.1) is 17.5 Å². The molecule has 0 radical (unpaired) electrons. The van der Waals surface area contributed by atoms with Crippen LogP contribution in [0.4, 0.5) is 5.69 Å². The number of ether oxygens (including phenoxy) is 1. The predicted molar refractivity (Wildman–Crippen MR) is 92.4 cm³/mol. The van der Waals surface area contributed by atoms with Crippen LogP contribution >= 0.6 is 0 Å². The zero-order valence-electron chi connectivity index (χ0n) is 13.7. The molecule has 0 spiro atoms. The van der Waals surface area contributed by atoms with Crippen molar-refractivity contribution in [3.63, 3.8) is 0 Å². The highest BCUT2D eigenvalue weighted by Crippen LogP contribution is 2.21. The van der Waals surface area contributed by atoms with Crippen LogP contribution in [-0.2, 0) is 4.74 Å². The third-order valence-corrected chi connectivity index (χ3v) is 3.35. The highest BCUT2D eigenvalue weighted by molar-refractivity contribution is 6.05. The molecule has 0 fully saturated rings. The average Bonchev–Trinajstić information content (AvgIpc) is 2.52. The number of aliphatic imine (C=N–C) groups is 1. The fourth-order valence-electron chi connectivity index (χ4n) is 1.85. The van der Waals surface area contributed by atoms with Crippen LogP contribution in [0.1, 0.15) is 52.2 Å². The maximum absolute atomic E-state index is 5.72. The minimum atomic E-state index is 0.129. The van der Waals surface area contributed by atoms with Gasteiger partial charge in [-0.25, -0.2) is 4.99 Å². The highest BCUT2D eigenvalue weighted by atomic mass is 16.5. The minimum Gasteiger partial charge on any atom is -0.374 e. The Labute approximate surface area is 129 Å². The molecule has 1 aromatic carbocycles. The maximum Gasteiger partial charge on any atom is 0.0796 e. The smallest absolute Gasteiger partial charge is 0.0796 e. The Morgan fingerprint density at radius 2 is 1.95 bits per heavy atom. The van der Waals surface area contributed by atoms with Gasteiger partial charge in [-0.3, -0.25) is 0 Å². The molecule has 2 nitrogen and oxygen atoms in total. The molecule has 0 heterocycles. The summed E-state index contributed by atoms with van der Waals surface area (Å²) in [6.45, 7) is 13.1. The molecular formula is C19H27NO. The summed E-state index contributed by atoms with van der Waals surface area (Å²) in [7, 11) is 0. The molecule has 0 amide bonds. The third kappa shape index (κ3) is 6.09. The Morgan fingerprint density at radius 1 is 1.29 bits per heavy atom. The number of allylic oxidation sites excluding steroid dienone is 3. The monoisotopic (exact) mass is 285 g/mol. The van der Waals surface area contributed by atoms with Crippen molar-refractivity contribution in [1.82, 2.24) is 0 Å². The minimum absolute atomic E-state index is 0.129. The zero-order valence-corrected chi connectivity index (χ0v) is 13.7. The highest BCUT2D eigenvalue weighted by Gasteiger charge is 2.04. The summed E-state index contributed by atoms with van der Waals surface area (Å²) in [6.07, 6.45) is 6.06. The van der Waals surface area contributed by atoms with Crippen LogP contribution in [-0.4, -0.2) is 12.3 Å². The molecule has 0 N–H and O–H groups in total. The number of benzene rings is 1. The van der Waals surface area contributed by atoms with Crippen LogP contribution in [0.15, 0.2) is 53.6 Å². The molecule has 1 rings (SSSR count). The van der Waals surface area contributed by atoms with Crippen molar-refractivity contribution in [1.29, 1.82) is 0 Å². The molecule has 1 atom stereocenters. The topological polar surface area (TPSA) is 21.6 Å². The van der Waals surface area contributed by atoms with Crippen molar-refractivity contribution >= 4 is 11.4 Å². The van der Waals surface area contributed by atoms with Crippen molar-refractivity contribution in [3.8, 4) is 0 Å². The Kier molecular flexibility index (Phi) is 7.70. The molecule has 1 unspecified atom stereocenters. The van der Waals surface area contributed by atoms with Crippen LogP contribution in [0, 0.1) is 0 Å². The Bertz CT molecular complexity index is 497. The number of rotatable bonds is 8. The lowest BCUT2D eigenvalue weighted by atomic mass is 10.1. The first-order valence-electron chi connectivity index (χ1n) is 7.70. The van der Waals surface area contributed by atoms with E-state index in [1.807, 2.05) is 12.1 Å². The van der Waals surface area contributed by atoms with E-state index in [2.05, 4.69) is 57.5 Å². The first-order valence-corrected chi connectivity index (χ1v) is 7.70. The summed E-state index contributed by atoms with van der Waals surface area (Å²) < 4.78 is 5.72. The second-order valence-corrected chi connectivity index (χ2v) is 5.19. The van der Waals surface area contributed by atoms with Crippen molar-refractivity contribution in [2.45, 2.75) is 46.6 Å². The van der Waals surface area contributed by atoms with Gasteiger partial charge in [0.1, 0.15) is 0 Å². The van der Waals surface area contributed by atoms with Crippen LogP contribution in [0.25, 0.3) is 0 Å². The van der Waals surface area contributed by atoms with E-state index >= 15 is 0 Å². The molecule has 0 aromatic heterocycles. The van der Waals surface area contributed by atoms with Crippen molar-refractivity contribution in [2.75, 3.05) is 6.61 Å². The zero-order chi connectivity index (χ0) is 15.7. The van der Waals surface area contributed by atoms with Crippen molar-refractivity contribution in [3.05, 3.63) is 54.1 Å². The Morgan fingerprint density at radius 3 is 2.48 bits per heavy atom. The Balaban J connectivity index is 2.84. The van der Waals surface area contributed by atoms with Crippen molar-refractivity contribution < 1.29 is 4.74 Å². The summed E-state index contributed by atoms with van der Waals surface area (Å²) in [5, 5.41) is 0. The summed E-state index contributed by atoms with van der Waals surface area (Å²) in [4.78, 5) is 4.61. The molecule has 114 valence electrons. The van der Waals surface area contributed by atoms with E-state index in [1.54, 1.807) is 6.08 Å². The standard InChI is InChI=1S/C19H27NO/c1-6-13-21-16(5)17-9-11-19(12-10-17)20-18(8-3)14-15(4)7-2/h8-12,14,16H,3,6-7,13H2,1-2,4-5H3/b15-14+,20-18?. The van der Waals surface area contributed by atoms with Gasteiger partial charge in [-0.1, -0.05) is 38.1 Å². The summed E-state index contributed by atoms with van der Waals surface area (Å²) in [5.74, 6) is 0. The second kappa shape index (κ2) is 9.30. The molecule has 1 aromatic rings. The van der Waals surface area contributed by atoms with E-state index in [0.717, 1.165) is 30.8 Å². The van der Waals surface area contributed by atoms with Crippen LogP contribution in [0.3, 0.4) is 0 Å². The summed E-state index contributed by atoms with van der Waals surface area (Å²) in [6, 6.07) is 8.21. The van der Waals surface area contributed by atoms with Gasteiger partial charge in [0, 0.05) is 6.61 Å². The van der Waals surface area contributed by atoms with Gasteiger partial charge >= 0.3 is 0 Å². The molecule has 0 bridgehead atoms. The maximum atomic E-state index is 5.72. The molecule has 21 heavy (non-hydrogen) atoms. The van der Waals surface area contributed by atoms with Crippen LogP contribution < -0.4 is 0 Å². The van der Waals surface area contributed by atoms with E-state index in [4.69, 9.17) is 4.74 Å². The fourth-order valence-corrected chi connectivity index (χ4v) is 1.85. The SMILES string of the molecule is C=CC(/C=C(\C)CC)=Nc1ccc(C(C)OCCC)cc1. The van der Waals surface area contributed by atoms with E-state index in [1.165, 1.54) is 11.1 Å². The number of nitrogens with zero attached hydrogens (tertiary/aromatic N) is 1. The molecule has 2 heteroatoms. The normalized spacial score (nSPS) is 14.1. The largest absolute Gasteiger partial charge is 0.374 e. The molecule has 0 aliphatic heterocycles. The van der Waals surface area contributed by atoms with Gasteiger partial charge in [-0.05, 0) is 56.5 Å². The lowest BCUT2D eigenvalue weighted by Gasteiger charge is -2.12. The quantitative estimate of drug-likeness (QED) is 0.554. The molecule has 0 aliphatic rings. The summed E-state index contributed by atoms with van der Waals surface area (Å²) in [5.41, 5.74) is 4.32. The van der Waals surface area contributed by atoms with Crippen molar-refractivity contribution in [2.24, 2.45) is 4.99 Å². The molecule has 0 saturated heterocycles. The predicted octanol–water partition coefficient (Wildman–Crippen LogP) is 5.79. The fraction of sp³-hybridized carbons (Fsp3) is 0.421. The summed E-state index contributed by atoms with van der Waals surface area (Å²) >= 11 is 0. The van der Waals surface area contributed by atoms with E-state index in [-0.39, 0.29) is 6.10 Å². The first kappa shape index (κ1) is 17.4. The van der Waals surface area contributed by atoms with Crippen LogP contribution in [0.2, 0.25) is 0 Å². The Hall–Kier alpha value is -1.67. The number of hydrogen-bond donors (Lipinski definition) is 0. The lowest BCUT2D eigenvalue weighted by Crippen LogP contribution is -2.00. The molecule has 0 aliphatic carbocycles. The third-order valence-electron chi connectivity index (χ3n) is 3.35. The van der Waals surface area contributed by atoms with Gasteiger partial charge in [-0.2, -0.15) is 0 Å².